The molecule has 0 saturated carbocycles. The lowest BCUT2D eigenvalue weighted by Gasteiger charge is -2.27. The van der Waals surface area contributed by atoms with E-state index in [4.69, 9.17) is 4.74 Å². The molecule has 27 heavy (non-hydrogen) atoms. The third-order valence-electron chi connectivity index (χ3n) is 4.64. The molecule has 0 atom stereocenters. The highest BCUT2D eigenvalue weighted by Gasteiger charge is 2.27. The molecule has 140 valence electrons. The Balaban J connectivity index is 1.67. The van der Waals surface area contributed by atoms with Gasteiger partial charge >= 0.3 is 6.09 Å². The van der Waals surface area contributed by atoms with Crippen molar-refractivity contribution in [2.24, 2.45) is 0 Å². The first kappa shape index (κ1) is 17.9. The number of benzene rings is 2. The molecule has 0 spiro atoms. The highest BCUT2D eigenvalue weighted by atomic mass is 32.1. The molecule has 5 heteroatoms. The first-order valence-electron chi connectivity index (χ1n) is 9.21. The summed E-state index contributed by atoms with van der Waals surface area (Å²) >= 11 is 1.75. The molecule has 1 amide bonds. The molecule has 0 fully saturated rings. The fourth-order valence-corrected chi connectivity index (χ4v) is 4.18. The van der Waals surface area contributed by atoms with E-state index in [2.05, 4.69) is 52.7 Å². The molecule has 2 aromatic carbocycles. The van der Waals surface area contributed by atoms with E-state index >= 15 is 0 Å². The van der Waals surface area contributed by atoms with Crippen molar-refractivity contribution in [3.63, 3.8) is 0 Å². The topological polar surface area (TPSA) is 32.8 Å². The Morgan fingerprint density at radius 1 is 1.07 bits per heavy atom. The average molecular weight is 381 g/mol. The summed E-state index contributed by atoms with van der Waals surface area (Å²) in [6, 6.07) is 17.0. The normalized spacial score (nSPS) is 14.8. The van der Waals surface area contributed by atoms with Crippen molar-refractivity contribution in [2.75, 3.05) is 18.0 Å². The number of rotatable bonds is 1. The van der Waals surface area contributed by atoms with Gasteiger partial charge in [0.05, 0.1) is 6.54 Å². The second-order valence-corrected chi connectivity index (χ2v) is 8.77. The number of carbonyl (C=O) groups is 1. The minimum absolute atomic E-state index is 0.257. The van der Waals surface area contributed by atoms with E-state index < -0.39 is 5.60 Å². The lowest BCUT2D eigenvalue weighted by molar-refractivity contribution is 0.0244. The lowest BCUT2D eigenvalue weighted by atomic mass is 10.1. The molecule has 3 aromatic rings. The van der Waals surface area contributed by atoms with E-state index in [1.54, 1.807) is 16.2 Å². The van der Waals surface area contributed by atoms with Crippen molar-refractivity contribution >= 4 is 38.9 Å². The van der Waals surface area contributed by atoms with Gasteiger partial charge in [0.2, 0.25) is 0 Å². The van der Waals surface area contributed by atoms with Crippen LogP contribution in [0.1, 0.15) is 26.3 Å². The molecule has 0 unspecified atom stereocenters. The molecule has 0 saturated heterocycles. The van der Waals surface area contributed by atoms with Crippen LogP contribution >= 0.6 is 11.3 Å². The fraction of sp³-hybridized carbons (Fsp3) is 0.318. The Kier molecular flexibility index (Phi) is 4.56. The summed E-state index contributed by atoms with van der Waals surface area (Å²) in [5.74, 6) is 0. The molecule has 1 aliphatic heterocycles. The van der Waals surface area contributed by atoms with Crippen molar-refractivity contribution in [2.45, 2.75) is 32.9 Å². The number of thiophene rings is 1. The van der Waals surface area contributed by atoms with Crippen molar-refractivity contribution in [3.8, 4) is 0 Å². The number of ether oxygens (including phenoxy) is 1. The monoisotopic (exact) mass is 380 g/mol. The van der Waals surface area contributed by atoms with Crippen LogP contribution in [0.2, 0.25) is 0 Å². The molecule has 1 aliphatic rings. The maximum absolute atomic E-state index is 12.6. The maximum atomic E-state index is 12.6. The lowest BCUT2D eigenvalue weighted by Crippen LogP contribution is -2.38. The van der Waals surface area contributed by atoms with E-state index in [9.17, 15) is 4.79 Å². The zero-order valence-electron chi connectivity index (χ0n) is 15.9. The highest BCUT2D eigenvalue weighted by molar-refractivity contribution is 7.17. The zero-order chi connectivity index (χ0) is 19.0. The van der Waals surface area contributed by atoms with Gasteiger partial charge < -0.3 is 14.5 Å². The molecule has 4 rings (SSSR count). The fourth-order valence-electron chi connectivity index (χ4n) is 3.41. The molecule has 0 aliphatic carbocycles. The Bertz CT molecular complexity index is 974. The second-order valence-electron chi connectivity index (χ2n) is 7.82. The molecular formula is C22H24N2O2S. The summed E-state index contributed by atoms with van der Waals surface area (Å²) in [7, 11) is 0. The Morgan fingerprint density at radius 3 is 2.70 bits per heavy atom. The maximum Gasteiger partial charge on any atom is 0.410 e. The van der Waals surface area contributed by atoms with E-state index in [1.165, 1.54) is 10.1 Å². The van der Waals surface area contributed by atoms with E-state index in [0.717, 1.165) is 23.5 Å². The van der Waals surface area contributed by atoms with Gasteiger partial charge in [0, 0.05) is 29.2 Å². The Morgan fingerprint density at radius 2 is 1.89 bits per heavy atom. The summed E-state index contributed by atoms with van der Waals surface area (Å²) < 4.78 is 6.89. The summed E-state index contributed by atoms with van der Waals surface area (Å²) in [5.41, 5.74) is 2.94. The molecule has 0 radical (unpaired) electrons. The molecular weight excluding hydrogens is 356 g/mol. The summed E-state index contributed by atoms with van der Waals surface area (Å²) in [4.78, 5) is 16.7. The van der Waals surface area contributed by atoms with Gasteiger partial charge in [0.15, 0.2) is 0 Å². The van der Waals surface area contributed by atoms with Gasteiger partial charge in [-0.05, 0) is 67.4 Å². The van der Waals surface area contributed by atoms with Gasteiger partial charge in [0.25, 0.3) is 0 Å². The SMILES string of the molecule is CC(C)(C)OC(=O)N1CCN(c2ccc3sccc3c2)c2ccccc2C1. The number of fused-ring (bicyclic) bond motifs is 2. The number of hydrogen-bond donors (Lipinski definition) is 0. The molecule has 1 aromatic heterocycles. The Labute approximate surface area is 164 Å². The first-order valence-corrected chi connectivity index (χ1v) is 10.1. The predicted molar refractivity (Wildman–Crippen MR) is 112 cm³/mol. The molecule has 2 heterocycles. The number of carbonyl (C=O) groups excluding carboxylic acids is 1. The smallest absolute Gasteiger partial charge is 0.410 e. The van der Waals surface area contributed by atoms with Crippen molar-refractivity contribution in [1.29, 1.82) is 0 Å². The van der Waals surface area contributed by atoms with Crippen LogP contribution in [0.25, 0.3) is 10.1 Å². The van der Waals surface area contributed by atoms with Gasteiger partial charge in [-0.3, -0.25) is 0 Å². The van der Waals surface area contributed by atoms with Gasteiger partial charge in [-0.2, -0.15) is 0 Å². The van der Waals surface area contributed by atoms with Crippen LogP contribution in [0, 0.1) is 0 Å². The van der Waals surface area contributed by atoms with Gasteiger partial charge in [-0.1, -0.05) is 18.2 Å². The third-order valence-corrected chi connectivity index (χ3v) is 5.53. The molecule has 0 bridgehead atoms. The quantitative estimate of drug-likeness (QED) is 0.536. The van der Waals surface area contributed by atoms with Crippen LogP contribution in [0.4, 0.5) is 16.2 Å². The van der Waals surface area contributed by atoms with Crippen LogP contribution in [0.5, 0.6) is 0 Å². The van der Waals surface area contributed by atoms with E-state index in [-0.39, 0.29) is 6.09 Å². The highest BCUT2D eigenvalue weighted by Crippen LogP contribution is 2.34. The van der Waals surface area contributed by atoms with Crippen molar-refractivity contribution in [3.05, 3.63) is 59.5 Å². The second kappa shape index (κ2) is 6.89. The van der Waals surface area contributed by atoms with E-state index in [1.807, 2.05) is 26.8 Å². The van der Waals surface area contributed by atoms with Crippen LogP contribution in [0.15, 0.2) is 53.9 Å². The first-order chi connectivity index (χ1) is 12.9. The van der Waals surface area contributed by atoms with Gasteiger partial charge in [-0.15, -0.1) is 11.3 Å². The number of amides is 1. The van der Waals surface area contributed by atoms with Gasteiger partial charge in [0.1, 0.15) is 5.60 Å². The zero-order valence-corrected chi connectivity index (χ0v) is 16.8. The number of para-hydroxylation sites is 1. The summed E-state index contributed by atoms with van der Waals surface area (Å²) in [5, 5.41) is 3.37. The Hall–Kier alpha value is -2.53. The molecule has 0 N–H and O–H groups in total. The van der Waals surface area contributed by atoms with Crippen LogP contribution in [-0.2, 0) is 11.3 Å². The third kappa shape index (κ3) is 3.78. The van der Waals surface area contributed by atoms with Gasteiger partial charge in [-0.25, -0.2) is 4.79 Å². The molecule has 4 nitrogen and oxygen atoms in total. The average Bonchev–Trinajstić information content (AvgIpc) is 2.99. The number of hydrogen-bond acceptors (Lipinski definition) is 4. The minimum atomic E-state index is -0.493. The summed E-state index contributed by atoms with van der Waals surface area (Å²) in [6.07, 6.45) is -0.257. The van der Waals surface area contributed by atoms with Crippen LogP contribution in [-0.4, -0.2) is 29.7 Å². The summed E-state index contributed by atoms with van der Waals surface area (Å²) in [6.45, 7) is 7.61. The van der Waals surface area contributed by atoms with E-state index in [0.29, 0.717) is 13.1 Å². The number of nitrogens with zero attached hydrogens (tertiary/aromatic N) is 2. The van der Waals surface area contributed by atoms with Crippen molar-refractivity contribution in [1.82, 2.24) is 4.90 Å². The predicted octanol–water partition coefficient (Wildman–Crippen LogP) is 5.79. The van der Waals surface area contributed by atoms with Crippen LogP contribution < -0.4 is 4.90 Å². The minimum Gasteiger partial charge on any atom is -0.444 e. The van der Waals surface area contributed by atoms with Crippen molar-refractivity contribution < 1.29 is 9.53 Å². The standard InChI is InChI=1S/C22H24N2O2S/c1-22(2,3)26-21(25)23-11-12-24(19-7-5-4-6-17(19)15-23)18-8-9-20-16(14-18)10-13-27-20/h4-10,13-14H,11-12,15H2,1-3H3. The number of anilines is 2. The van der Waals surface area contributed by atoms with Crippen LogP contribution in [0.3, 0.4) is 0 Å². The largest absolute Gasteiger partial charge is 0.444 e.